The number of amides is 1. The van der Waals surface area contributed by atoms with Crippen molar-refractivity contribution in [2.24, 2.45) is 0 Å². The minimum atomic E-state index is -0.211. The molecular weight excluding hydrogens is 344 g/mol. The van der Waals surface area contributed by atoms with Crippen LogP contribution in [-0.2, 0) is 0 Å². The maximum Gasteiger partial charge on any atom is 0.275 e. The summed E-state index contributed by atoms with van der Waals surface area (Å²) in [6.45, 7) is 1.96. The lowest BCUT2D eigenvalue weighted by atomic mass is 10.2. The van der Waals surface area contributed by atoms with Gasteiger partial charge in [-0.3, -0.25) is 4.79 Å². The van der Waals surface area contributed by atoms with E-state index >= 15 is 0 Å². The van der Waals surface area contributed by atoms with E-state index in [0.717, 1.165) is 27.5 Å². The number of hydrogen-bond acceptors (Lipinski definition) is 4. The minimum absolute atomic E-state index is 0.211. The molecule has 6 heteroatoms. The van der Waals surface area contributed by atoms with Gasteiger partial charge in [-0.25, -0.2) is 9.67 Å². The first kappa shape index (κ1) is 16.2. The second kappa shape index (κ2) is 6.93. The Balaban J connectivity index is 1.54. The van der Waals surface area contributed by atoms with E-state index in [2.05, 4.69) is 15.4 Å². The van der Waals surface area contributed by atoms with Crippen LogP contribution in [-0.4, -0.2) is 20.7 Å². The van der Waals surface area contributed by atoms with Crippen molar-refractivity contribution < 1.29 is 4.79 Å². The molecule has 0 radical (unpaired) electrons. The van der Waals surface area contributed by atoms with Crippen LogP contribution >= 0.6 is 11.3 Å². The van der Waals surface area contributed by atoms with Crippen molar-refractivity contribution in [3.05, 3.63) is 83.6 Å². The molecule has 1 amide bonds. The van der Waals surface area contributed by atoms with Gasteiger partial charge in [0.2, 0.25) is 0 Å². The van der Waals surface area contributed by atoms with Crippen LogP contribution in [0.4, 0.5) is 5.69 Å². The van der Waals surface area contributed by atoms with Crippen molar-refractivity contribution in [1.82, 2.24) is 14.8 Å². The zero-order chi connectivity index (χ0) is 17.9. The number of nitrogens with zero attached hydrogens (tertiary/aromatic N) is 3. The fourth-order valence-electron chi connectivity index (χ4n) is 2.57. The van der Waals surface area contributed by atoms with Crippen LogP contribution in [0, 0.1) is 6.92 Å². The van der Waals surface area contributed by atoms with Crippen LogP contribution in [0.3, 0.4) is 0 Å². The number of carbonyl (C=O) groups is 1. The van der Waals surface area contributed by atoms with E-state index in [1.165, 1.54) is 11.3 Å². The predicted molar refractivity (Wildman–Crippen MR) is 104 cm³/mol. The van der Waals surface area contributed by atoms with Gasteiger partial charge in [-0.15, -0.1) is 11.3 Å². The monoisotopic (exact) mass is 360 g/mol. The van der Waals surface area contributed by atoms with Crippen molar-refractivity contribution in [3.63, 3.8) is 0 Å². The van der Waals surface area contributed by atoms with Gasteiger partial charge in [-0.1, -0.05) is 36.4 Å². The molecule has 0 saturated carbocycles. The molecule has 1 N–H and O–H groups in total. The quantitative estimate of drug-likeness (QED) is 0.580. The van der Waals surface area contributed by atoms with E-state index in [4.69, 9.17) is 0 Å². The fraction of sp³-hybridized carbons (Fsp3) is 0.0500. The Hall–Kier alpha value is -3.25. The van der Waals surface area contributed by atoms with Gasteiger partial charge in [0.25, 0.3) is 5.91 Å². The van der Waals surface area contributed by atoms with E-state index in [1.54, 1.807) is 16.3 Å². The molecule has 5 nitrogen and oxygen atoms in total. The Kier molecular flexibility index (Phi) is 4.33. The second-order valence-corrected chi connectivity index (χ2v) is 6.67. The smallest absolute Gasteiger partial charge is 0.275 e. The fourth-order valence-corrected chi connectivity index (χ4v) is 3.34. The van der Waals surface area contributed by atoms with E-state index in [9.17, 15) is 4.79 Å². The van der Waals surface area contributed by atoms with Gasteiger partial charge in [0.15, 0.2) is 0 Å². The van der Waals surface area contributed by atoms with Gasteiger partial charge < -0.3 is 5.32 Å². The lowest BCUT2D eigenvalue weighted by Gasteiger charge is -2.05. The number of nitrogens with one attached hydrogen (secondary N) is 1. The Bertz CT molecular complexity index is 1050. The van der Waals surface area contributed by atoms with Gasteiger partial charge in [-0.2, -0.15) is 5.10 Å². The summed E-state index contributed by atoms with van der Waals surface area (Å²) in [4.78, 5) is 16.9. The first-order valence-corrected chi connectivity index (χ1v) is 9.01. The molecule has 26 heavy (non-hydrogen) atoms. The Morgan fingerprint density at radius 3 is 2.65 bits per heavy atom. The van der Waals surface area contributed by atoms with E-state index < -0.39 is 0 Å². The number of rotatable bonds is 4. The lowest BCUT2D eigenvalue weighted by Crippen LogP contribution is -2.13. The highest BCUT2D eigenvalue weighted by molar-refractivity contribution is 7.13. The molecule has 0 saturated heterocycles. The molecule has 0 atom stereocenters. The van der Waals surface area contributed by atoms with Crippen molar-refractivity contribution in [2.75, 3.05) is 5.32 Å². The van der Waals surface area contributed by atoms with E-state index in [0.29, 0.717) is 5.69 Å². The topological polar surface area (TPSA) is 59.8 Å². The summed E-state index contributed by atoms with van der Waals surface area (Å²) >= 11 is 1.43. The average molecular weight is 360 g/mol. The molecule has 2 aromatic heterocycles. The van der Waals surface area contributed by atoms with Crippen molar-refractivity contribution >= 4 is 22.9 Å². The SMILES string of the molecule is Cc1ccccc1NC(=O)c1csc(-c2cnn(-c3ccccc3)c2)n1. The highest BCUT2D eigenvalue weighted by Crippen LogP contribution is 2.25. The van der Waals surface area contributed by atoms with Gasteiger partial charge in [0.1, 0.15) is 10.7 Å². The highest BCUT2D eigenvalue weighted by Gasteiger charge is 2.14. The first-order chi connectivity index (χ1) is 12.7. The number of anilines is 1. The number of aryl methyl sites for hydroxylation is 1. The van der Waals surface area contributed by atoms with Crippen LogP contribution in [0.25, 0.3) is 16.3 Å². The molecule has 0 aliphatic carbocycles. The van der Waals surface area contributed by atoms with Gasteiger partial charge in [0, 0.05) is 22.8 Å². The number of hydrogen-bond donors (Lipinski definition) is 1. The molecule has 0 bridgehead atoms. The Labute approximate surface area is 155 Å². The van der Waals surface area contributed by atoms with Crippen LogP contribution in [0.1, 0.15) is 16.1 Å². The van der Waals surface area contributed by atoms with Crippen LogP contribution in [0.5, 0.6) is 0 Å². The summed E-state index contributed by atoms with van der Waals surface area (Å²) < 4.78 is 1.80. The predicted octanol–water partition coefficient (Wildman–Crippen LogP) is 4.56. The summed E-state index contributed by atoms with van der Waals surface area (Å²) in [5.41, 5.74) is 4.08. The third-order valence-electron chi connectivity index (χ3n) is 3.98. The first-order valence-electron chi connectivity index (χ1n) is 8.14. The number of para-hydroxylation sites is 2. The van der Waals surface area contributed by atoms with Crippen LogP contribution in [0.2, 0.25) is 0 Å². The summed E-state index contributed by atoms with van der Waals surface area (Å²) in [6, 6.07) is 17.5. The summed E-state index contributed by atoms with van der Waals surface area (Å²) in [7, 11) is 0. The highest BCUT2D eigenvalue weighted by atomic mass is 32.1. The summed E-state index contributed by atoms with van der Waals surface area (Å²) in [6.07, 6.45) is 3.67. The average Bonchev–Trinajstić information content (AvgIpc) is 3.34. The largest absolute Gasteiger partial charge is 0.320 e. The number of aromatic nitrogens is 3. The zero-order valence-corrected chi connectivity index (χ0v) is 14.9. The van der Waals surface area contributed by atoms with Gasteiger partial charge >= 0.3 is 0 Å². The maximum atomic E-state index is 12.4. The minimum Gasteiger partial charge on any atom is -0.320 e. The van der Waals surface area contributed by atoms with Gasteiger partial charge in [-0.05, 0) is 30.7 Å². The number of carbonyl (C=O) groups excluding carboxylic acids is 1. The molecule has 4 rings (SSSR count). The molecule has 0 aliphatic rings. The van der Waals surface area contributed by atoms with Crippen molar-refractivity contribution in [3.8, 4) is 16.3 Å². The summed E-state index contributed by atoms with van der Waals surface area (Å²) in [5, 5.41) is 9.82. The molecule has 0 unspecified atom stereocenters. The van der Waals surface area contributed by atoms with Crippen LogP contribution < -0.4 is 5.32 Å². The third kappa shape index (κ3) is 3.27. The van der Waals surface area contributed by atoms with E-state index in [1.807, 2.05) is 67.7 Å². The molecule has 0 aliphatic heterocycles. The second-order valence-electron chi connectivity index (χ2n) is 5.82. The molecule has 0 spiro atoms. The van der Waals surface area contributed by atoms with E-state index in [-0.39, 0.29) is 5.91 Å². The number of benzene rings is 2. The molecule has 2 aromatic carbocycles. The number of thiazole rings is 1. The Morgan fingerprint density at radius 2 is 1.85 bits per heavy atom. The van der Waals surface area contributed by atoms with Crippen molar-refractivity contribution in [1.29, 1.82) is 0 Å². The summed E-state index contributed by atoms with van der Waals surface area (Å²) in [5.74, 6) is -0.211. The third-order valence-corrected chi connectivity index (χ3v) is 4.87. The van der Waals surface area contributed by atoms with Crippen molar-refractivity contribution in [2.45, 2.75) is 6.92 Å². The molecular formula is C20H16N4OS. The normalized spacial score (nSPS) is 10.7. The maximum absolute atomic E-state index is 12.4. The standard InChI is InChI=1S/C20H16N4OS/c1-14-7-5-6-10-17(14)22-19(25)18-13-26-20(23-18)15-11-21-24(12-15)16-8-3-2-4-9-16/h2-13H,1H3,(H,22,25). The zero-order valence-electron chi connectivity index (χ0n) is 14.1. The molecule has 4 aromatic rings. The Morgan fingerprint density at radius 1 is 1.08 bits per heavy atom. The molecule has 128 valence electrons. The lowest BCUT2D eigenvalue weighted by molar-refractivity contribution is 0.102. The van der Waals surface area contributed by atoms with Gasteiger partial charge in [0.05, 0.1) is 11.9 Å². The molecule has 0 fully saturated rings. The van der Waals surface area contributed by atoms with Crippen LogP contribution in [0.15, 0.2) is 72.4 Å². The molecule has 2 heterocycles.